The smallest absolute Gasteiger partial charge is 0.388 e. The van der Waals surface area contributed by atoms with E-state index in [0.717, 1.165) is 32.0 Å². The Hall–Kier alpha value is -2.25. The van der Waals surface area contributed by atoms with E-state index in [-0.39, 0.29) is 17.4 Å². The summed E-state index contributed by atoms with van der Waals surface area (Å²) >= 11 is 0. The molecule has 0 atom stereocenters. The van der Waals surface area contributed by atoms with E-state index in [2.05, 4.69) is 42.6 Å². The molecule has 0 saturated carbocycles. The monoisotopic (exact) mass is 430 g/mol. The summed E-state index contributed by atoms with van der Waals surface area (Å²) in [5.41, 5.74) is -0.345. The Morgan fingerprint density at radius 2 is 1.83 bits per heavy atom. The summed E-state index contributed by atoms with van der Waals surface area (Å²) in [5, 5.41) is 5.44. The number of alkyl halides is 3. The van der Waals surface area contributed by atoms with Crippen LogP contribution in [0.3, 0.4) is 0 Å². The van der Waals surface area contributed by atoms with Crippen molar-refractivity contribution in [3.05, 3.63) is 35.9 Å². The van der Waals surface area contributed by atoms with Gasteiger partial charge in [-0.2, -0.15) is 13.2 Å². The molecular weight excluding hydrogens is 393 g/mol. The maximum atomic E-state index is 13.3. The lowest BCUT2D eigenvalue weighted by atomic mass is 10.2. The molecule has 0 aromatic rings. The van der Waals surface area contributed by atoms with Gasteiger partial charge in [0.2, 0.25) is 5.91 Å². The Morgan fingerprint density at radius 1 is 1.20 bits per heavy atom. The standard InChI is InChI=1S/C19H29F3N4O.C3H8/c1-14(2)25-16(4)24-13-17(19(20,21)22)15(3)23-10-8-12-26-11-7-5-6-9-18(26)27;1-3-2/h13,23,25H,1,4-12H2,2-3H3;3H2,1-2H3/b17-15-,24-13-;. The fourth-order valence-corrected chi connectivity index (χ4v) is 2.72. The molecule has 0 radical (unpaired) electrons. The largest absolute Gasteiger partial charge is 0.419 e. The quantitative estimate of drug-likeness (QED) is 0.386. The lowest BCUT2D eigenvalue weighted by Crippen LogP contribution is -2.33. The minimum Gasteiger partial charge on any atom is -0.388 e. The number of nitrogens with one attached hydrogen (secondary N) is 2. The zero-order valence-electron chi connectivity index (χ0n) is 18.8. The highest BCUT2D eigenvalue weighted by Gasteiger charge is 2.34. The third kappa shape index (κ3) is 12.3. The first kappa shape index (κ1) is 27.8. The number of halogens is 3. The third-order valence-corrected chi connectivity index (χ3v) is 4.08. The van der Waals surface area contributed by atoms with Crippen molar-refractivity contribution in [2.24, 2.45) is 4.99 Å². The molecule has 0 bridgehead atoms. The predicted octanol–water partition coefficient (Wildman–Crippen LogP) is 5.29. The van der Waals surface area contributed by atoms with Gasteiger partial charge in [-0.25, -0.2) is 4.99 Å². The summed E-state index contributed by atoms with van der Waals surface area (Å²) in [6.07, 6.45) is 1.54. The van der Waals surface area contributed by atoms with Crippen molar-refractivity contribution in [3.8, 4) is 0 Å². The number of nitrogens with zero attached hydrogens (tertiary/aromatic N) is 2. The summed E-state index contributed by atoms with van der Waals surface area (Å²) < 4.78 is 39.8. The van der Waals surface area contributed by atoms with Crippen molar-refractivity contribution in [2.45, 2.75) is 72.4 Å². The highest BCUT2D eigenvalue weighted by atomic mass is 19.4. The molecule has 1 saturated heterocycles. The molecule has 1 amide bonds. The summed E-state index contributed by atoms with van der Waals surface area (Å²) in [5.74, 6) is 0.211. The molecule has 0 aromatic heterocycles. The van der Waals surface area contributed by atoms with Crippen LogP contribution in [0.5, 0.6) is 0 Å². The van der Waals surface area contributed by atoms with Crippen LogP contribution < -0.4 is 10.6 Å². The SMILES string of the molecule is C=C(C)NC(=C)/N=C\C(=C(/C)NCCCN1CCCCCC1=O)C(F)(F)F.CCC. The number of hydrogen-bond acceptors (Lipinski definition) is 4. The zero-order chi connectivity index (χ0) is 23.2. The molecule has 0 unspecified atom stereocenters. The van der Waals surface area contributed by atoms with Crippen LogP contribution in [-0.2, 0) is 4.79 Å². The fourth-order valence-electron chi connectivity index (χ4n) is 2.72. The first-order valence-electron chi connectivity index (χ1n) is 10.5. The number of aliphatic imine (C=N–C) groups is 1. The summed E-state index contributed by atoms with van der Waals surface area (Å²) in [6.45, 7) is 16.0. The van der Waals surface area contributed by atoms with Crippen molar-refractivity contribution in [2.75, 3.05) is 19.6 Å². The number of carbonyl (C=O) groups is 1. The fraction of sp³-hybridized carbons (Fsp3) is 0.636. The predicted molar refractivity (Wildman–Crippen MR) is 118 cm³/mol. The van der Waals surface area contributed by atoms with Crippen LogP contribution in [0.2, 0.25) is 0 Å². The van der Waals surface area contributed by atoms with E-state index in [4.69, 9.17) is 0 Å². The molecule has 1 aliphatic rings. The first-order chi connectivity index (χ1) is 14.0. The maximum absolute atomic E-state index is 13.3. The van der Waals surface area contributed by atoms with E-state index in [1.165, 1.54) is 13.3 Å². The van der Waals surface area contributed by atoms with Gasteiger partial charge >= 0.3 is 6.18 Å². The van der Waals surface area contributed by atoms with Gasteiger partial charge in [-0.05, 0) is 33.1 Å². The molecule has 1 aliphatic heterocycles. The normalized spacial score (nSPS) is 15.7. The Morgan fingerprint density at radius 3 is 2.40 bits per heavy atom. The number of allylic oxidation sites excluding steroid dienone is 3. The number of rotatable bonds is 9. The molecule has 2 N–H and O–H groups in total. The van der Waals surface area contributed by atoms with Crippen molar-refractivity contribution in [3.63, 3.8) is 0 Å². The molecule has 1 heterocycles. The topological polar surface area (TPSA) is 56.7 Å². The van der Waals surface area contributed by atoms with Crippen molar-refractivity contribution < 1.29 is 18.0 Å². The van der Waals surface area contributed by atoms with Crippen LogP contribution >= 0.6 is 0 Å². The van der Waals surface area contributed by atoms with Gasteiger partial charge in [0.25, 0.3) is 0 Å². The second kappa shape index (κ2) is 14.7. The summed E-state index contributed by atoms with van der Waals surface area (Å²) in [7, 11) is 0. The Labute approximate surface area is 179 Å². The van der Waals surface area contributed by atoms with Crippen LogP contribution in [0, 0.1) is 0 Å². The molecule has 0 aliphatic carbocycles. The van der Waals surface area contributed by atoms with Gasteiger partial charge in [-0.15, -0.1) is 0 Å². The molecule has 30 heavy (non-hydrogen) atoms. The van der Waals surface area contributed by atoms with Gasteiger partial charge in [-0.1, -0.05) is 39.8 Å². The van der Waals surface area contributed by atoms with Crippen LogP contribution in [0.25, 0.3) is 0 Å². The van der Waals surface area contributed by atoms with Crippen molar-refractivity contribution in [1.82, 2.24) is 15.5 Å². The van der Waals surface area contributed by atoms with Crippen LogP contribution in [-0.4, -0.2) is 42.8 Å². The van der Waals surface area contributed by atoms with E-state index in [0.29, 0.717) is 31.6 Å². The molecular formula is C22H37F3N4O. The molecule has 5 nitrogen and oxygen atoms in total. The van der Waals surface area contributed by atoms with Crippen LogP contribution in [0.15, 0.2) is 40.9 Å². The molecule has 172 valence electrons. The van der Waals surface area contributed by atoms with Crippen LogP contribution in [0.4, 0.5) is 13.2 Å². The van der Waals surface area contributed by atoms with Crippen molar-refractivity contribution >= 4 is 12.1 Å². The Balaban J connectivity index is 0.00000263. The number of likely N-dealkylation sites (tertiary alicyclic amines) is 1. The van der Waals surface area contributed by atoms with Gasteiger partial charge < -0.3 is 15.5 Å². The molecule has 8 heteroatoms. The molecule has 0 aromatic carbocycles. The van der Waals surface area contributed by atoms with Gasteiger partial charge in [0.15, 0.2) is 0 Å². The van der Waals surface area contributed by atoms with Crippen LogP contribution in [0.1, 0.15) is 66.2 Å². The second-order valence-corrected chi connectivity index (χ2v) is 7.33. The second-order valence-electron chi connectivity index (χ2n) is 7.33. The van der Waals surface area contributed by atoms with Crippen molar-refractivity contribution in [1.29, 1.82) is 0 Å². The highest BCUT2D eigenvalue weighted by Crippen LogP contribution is 2.26. The summed E-state index contributed by atoms with van der Waals surface area (Å²) in [4.78, 5) is 17.4. The number of hydrogen-bond donors (Lipinski definition) is 2. The van der Waals surface area contributed by atoms with E-state index in [1.54, 1.807) is 11.8 Å². The van der Waals surface area contributed by atoms with Gasteiger partial charge in [-0.3, -0.25) is 4.79 Å². The summed E-state index contributed by atoms with van der Waals surface area (Å²) in [6, 6.07) is 0. The van der Waals surface area contributed by atoms with Gasteiger partial charge in [0.1, 0.15) is 5.82 Å². The molecule has 1 rings (SSSR count). The minimum absolute atomic E-state index is 0.0171. The lowest BCUT2D eigenvalue weighted by molar-refractivity contribution is -0.130. The minimum atomic E-state index is -4.54. The lowest BCUT2D eigenvalue weighted by Gasteiger charge is -2.21. The third-order valence-electron chi connectivity index (χ3n) is 4.08. The zero-order valence-corrected chi connectivity index (χ0v) is 18.8. The average molecular weight is 431 g/mol. The number of carbonyl (C=O) groups excluding carboxylic acids is 1. The first-order valence-corrected chi connectivity index (χ1v) is 10.5. The molecule has 0 spiro atoms. The maximum Gasteiger partial charge on any atom is 0.419 e. The Kier molecular flexibility index (Phi) is 13.6. The molecule has 1 fully saturated rings. The number of amides is 1. The van der Waals surface area contributed by atoms with E-state index >= 15 is 0 Å². The van der Waals surface area contributed by atoms with Gasteiger partial charge in [0.05, 0.1) is 5.57 Å². The average Bonchev–Trinajstić information content (AvgIpc) is 2.82. The van der Waals surface area contributed by atoms with E-state index < -0.39 is 11.7 Å². The van der Waals surface area contributed by atoms with E-state index in [1.807, 2.05) is 0 Å². The highest BCUT2D eigenvalue weighted by molar-refractivity contribution is 5.82. The van der Waals surface area contributed by atoms with Gasteiger partial charge in [0, 0.05) is 43.7 Å². The Bertz CT molecular complexity index is 624. The van der Waals surface area contributed by atoms with E-state index in [9.17, 15) is 18.0 Å².